The number of aromatic amines is 1. The highest BCUT2D eigenvalue weighted by atomic mass is 32.2. The topological polar surface area (TPSA) is 84.1 Å². The highest BCUT2D eigenvalue weighted by Gasteiger charge is 2.21. The first kappa shape index (κ1) is 17.5. The number of aryl methyl sites for hydroxylation is 4. The number of hydrogen-bond acceptors (Lipinski definition) is 4. The van der Waals surface area contributed by atoms with Gasteiger partial charge in [-0.15, -0.1) is 0 Å². The summed E-state index contributed by atoms with van der Waals surface area (Å²) in [5.74, 6) is 0.811. The summed E-state index contributed by atoms with van der Waals surface area (Å²) in [6.07, 6.45) is 0.556. The highest BCUT2D eigenvalue weighted by Crippen LogP contribution is 2.25. The Balaban J connectivity index is 2.14. The van der Waals surface area contributed by atoms with E-state index in [4.69, 9.17) is 4.74 Å². The molecule has 0 aliphatic heterocycles. The number of rotatable bonds is 6. The first-order chi connectivity index (χ1) is 10.8. The van der Waals surface area contributed by atoms with Gasteiger partial charge in [0, 0.05) is 6.54 Å². The van der Waals surface area contributed by atoms with Gasteiger partial charge in [0.2, 0.25) is 10.0 Å². The average molecular weight is 337 g/mol. The van der Waals surface area contributed by atoms with Crippen molar-refractivity contribution in [3.63, 3.8) is 0 Å². The summed E-state index contributed by atoms with van der Waals surface area (Å²) in [7, 11) is -1.94. The SMILES string of the molecule is COc1c(C)cc(C)cc1CCNS(=O)(=O)c1c(C)n[nH]c1C. The third kappa shape index (κ3) is 3.73. The van der Waals surface area contributed by atoms with E-state index in [0.717, 1.165) is 22.4 Å². The van der Waals surface area contributed by atoms with Gasteiger partial charge in [-0.25, -0.2) is 13.1 Å². The van der Waals surface area contributed by atoms with Crippen molar-refractivity contribution in [2.45, 2.75) is 39.0 Å². The molecule has 0 aliphatic carbocycles. The zero-order valence-electron chi connectivity index (χ0n) is 14.1. The Bertz CT molecular complexity index is 791. The van der Waals surface area contributed by atoms with Crippen LogP contribution < -0.4 is 9.46 Å². The molecule has 2 aromatic rings. The van der Waals surface area contributed by atoms with Crippen molar-refractivity contribution in [1.29, 1.82) is 0 Å². The van der Waals surface area contributed by atoms with Gasteiger partial charge in [-0.05, 0) is 45.2 Å². The van der Waals surface area contributed by atoms with E-state index in [1.165, 1.54) is 0 Å². The minimum atomic E-state index is -3.57. The smallest absolute Gasteiger partial charge is 0.244 e. The summed E-state index contributed by atoms with van der Waals surface area (Å²) < 4.78 is 32.9. The second-order valence-electron chi connectivity index (χ2n) is 5.69. The summed E-state index contributed by atoms with van der Waals surface area (Å²) in [4.78, 5) is 0.227. The Morgan fingerprint density at radius 2 is 1.91 bits per heavy atom. The molecule has 126 valence electrons. The van der Waals surface area contributed by atoms with Gasteiger partial charge in [0.1, 0.15) is 10.6 Å². The lowest BCUT2D eigenvalue weighted by Crippen LogP contribution is -2.27. The molecule has 7 heteroatoms. The Kier molecular flexibility index (Phi) is 5.11. The quantitative estimate of drug-likeness (QED) is 0.846. The van der Waals surface area contributed by atoms with Gasteiger partial charge < -0.3 is 4.74 Å². The predicted octanol–water partition coefficient (Wildman–Crippen LogP) is 2.17. The Morgan fingerprint density at radius 1 is 1.22 bits per heavy atom. The second kappa shape index (κ2) is 6.72. The molecule has 0 unspecified atom stereocenters. The maximum Gasteiger partial charge on any atom is 0.244 e. The number of benzene rings is 1. The van der Waals surface area contributed by atoms with Crippen LogP contribution in [0.4, 0.5) is 0 Å². The summed E-state index contributed by atoms with van der Waals surface area (Å²) >= 11 is 0. The van der Waals surface area contributed by atoms with Crippen molar-refractivity contribution in [3.8, 4) is 5.75 Å². The number of nitrogens with one attached hydrogen (secondary N) is 2. The number of aromatic nitrogens is 2. The van der Waals surface area contributed by atoms with Gasteiger partial charge in [-0.3, -0.25) is 5.10 Å². The van der Waals surface area contributed by atoms with Gasteiger partial charge >= 0.3 is 0 Å². The minimum Gasteiger partial charge on any atom is -0.496 e. The zero-order valence-corrected chi connectivity index (χ0v) is 15.0. The van der Waals surface area contributed by atoms with Crippen molar-refractivity contribution in [2.75, 3.05) is 13.7 Å². The number of ether oxygens (including phenoxy) is 1. The lowest BCUT2D eigenvalue weighted by Gasteiger charge is -2.13. The van der Waals surface area contributed by atoms with Gasteiger partial charge in [-0.2, -0.15) is 5.10 Å². The number of hydrogen-bond donors (Lipinski definition) is 2. The summed E-state index contributed by atoms with van der Waals surface area (Å²) in [5, 5.41) is 6.63. The van der Waals surface area contributed by atoms with E-state index in [1.54, 1.807) is 21.0 Å². The van der Waals surface area contributed by atoms with Gasteiger partial charge in [0.15, 0.2) is 0 Å². The molecule has 0 atom stereocenters. The lowest BCUT2D eigenvalue weighted by atomic mass is 10.0. The third-order valence-corrected chi connectivity index (χ3v) is 5.44. The maximum absolute atomic E-state index is 12.4. The third-order valence-electron chi connectivity index (χ3n) is 3.72. The molecule has 0 amide bonds. The molecule has 2 N–H and O–H groups in total. The van der Waals surface area contributed by atoms with Crippen LogP contribution in [-0.4, -0.2) is 32.3 Å². The molecule has 23 heavy (non-hydrogen) atoms. The summed E-state index contributed by atoms with van der Waals surface area (Å²) in [6.45, 7) is 7.66. The van der Waals surface area contributed by atoms with Crippen molar-refractivity contribution in [1.82, 2.24) is 14.9 Å². The maximum atomic E-state index is 12.4. The number of nitrogens with zero attached hydrogens (tertiary/aromatic N) is 1. The normalized spacial score (nSPS) is 11.7. The zero-order chi connectivity index (χ0) is 17.2. The first-order valence-corrected chi connectivity index (χ1v) is 8.90. The summed E-state index contributed by atoms with van der Waals surface area (Å²) in [6, 6.07) is 4.07. The molecule has 1 aromatic carbocycles. The van der Waals surface area contributed by atoms with Gasteiger partial charge in [0.05, 0.1) is 18.5 Å². The van der Waals surface area contributed by atoms with Crippen LogP contribution in [0.5, 0.6) is 5.75 Å². The molecule has 2 rings (SSSR count). The number of H-pyrrole nitrogens is 1. The number of sulfonamides is 1. The van der Waals surface area contributed by atoms with E-state index in [9.17, 15) is 8.42 Å². The Labute approximate surface area is 137 Å². The van der Waals surface area contributed by atoms with E-state index in [0.29, 0.717) is 24.4 Å². The molecular formula is C16H23N3O3S. The van der Waals surface area contributed by atoms with E-state index in [-0.39, 0.29) is 4.90 Å². The van der Waals surface area contributed by atoms with Gasteiger partial charge in [0.25, 0.3) is 0 Å². The molecule has 0 saturated carbocycles. The van der Waals surface area contributed by atoms with Crippen molar-refractivity contribution >= 4 is 10.0 Å². The van der Waals surface area contributed by atoms with E-state index >= 15 is 0 Å². The van der Waals surface area contributed by atoms with Crippen LogP contribution in [0.3, 0.4) is 0 Å². The molecule has 6 nitrogen and oxygen atoms in total. The van der Waals surface area contributed by atoms with Crippen molar-refractivity contribution < 1.29 is 13.2 Å². The van der Waals surface area contributed by atoms with Crippen LogP contribution in [0.25, 0.3) is 0 Å². The molecule has 0 bridgehead atoms. The van der Waals surface area contributed by atoms with Crippen LogP contribution in [-0.2, 0) is 16.4 Å². The first-order valence-electron chi connectivity index (χ1n) is 7.41. The molecule has 0 saturated heterocycles. The fraction of sp³-hybridized carbons (Fsp3) is 0.438. The van der Waals surface area contributed by atoms with Crippen LogP contribution in [0.2, 0.25) is 0 Å². The van der Waals surface area contributed by atoms with E-state index < -0.39 is 10.0 Å². The largest absolute Gasteiger partial charge is 0.496 e. The lowest BCUT2D eigenvalue weighted by molar-refractivity contribution is 0.406. The molecule has 0 aliphatic rings. The highest BCUT2D eigenvalue weighted by molar-refractivity contribution is 7.89. The molecule has 0 fully saturated rings. The molecule has 0 radical (unpaired) electrons. The summed E-state index contributed by atoms with van der Waals surface area (Å²) in [5.41, 5.74) is 4.18. The average Bonchev–Trinajstić information content (AvgIpc) is 2.78. The fourth-order valence-electron chi connectivity index (χ4n) is 2.85. The molecule has 1 heterocycles. The number of methoxy groups -OCH3 is 1. The van der Waals surface area contributed by atoms with Gasteiger partial charge in [-0.1, -0.05) is 17.7 Å². The van der Waals surface area contributed by atoms with Crippen LogP contribution in [0, 0.1) is 27.7 Å². The second-order valence-corrected chi connectivity index (χ2v) is 7.39. The van der Waals surface area contributed by atoms with E-state index in [1.807, 2.05) is 26.0 Å². The Morgan fingerprint density at radius 3 is 2.48 bits per heavy atom. The Hall–Kier alpha value is -1.86. The molecule has 1 aromatic heterocycles. The van der Waals surface area contributed by atoms with Crippen molar-refractivity contribution in [3.05, 3.63) is 40.2 Å². The minimum absolute atomic E-state index is 0.227. The molecule has 0 spiro atoms. The fourth-order valence-corrected chi connectivity index (χ4v) is 4.25. The van der Waals surface area contributed by atoms with Crippen LogP contribution >= 0.6 is 0 Å². The monoisotopic (exact) mass is 337 g/mol. The van der Waals surface area contributed by atoms with Crippen LogP contribution in [0.15, 0.2) is 17.0 Å². The van der Waals surface area contributed by atoms with Crippen molar-refractivity contribution in [2.24, 2.45) is 0 Å². The predicted molar refractivity (Wildman–Crippen MR) is 89.4 cm³/mol. The molecular weight excluding hydrogens is 314 g/mol. The van der Waals surface area contributed by atoms with Crippen LogP contribution in [0.1, 0.15) is 28.1 Å². The standard InChI is InChI=1S/C16H23N3O3S/c1-10-8-11(2)15(22-5)14(9-10)6-7-17-23(20,21)16-12(3)18-19-13(16)4/h8-9,17H,6-7H2,1-5H3,(H,18,19). The van der Waals surface area contributed by atoms with E-state index in [2.05, 4.69) is 14.9 Å².